The Morgan fingerprint density at radius 3 is 1.16 bits per heavy atom. The number of nitrogens with two attached hydrogens (primary N) is 4. The Labute approximate surface area is 455 Å². The molecule has 9 N–H and O–H groups in total. The first-order valence-corrected chi connectivity index (χ1v) is 27.8. The van der Waals surface area contributed by atoms with Gasteiger partial charge in [0.05, 0.1) is 77.1 Å². The SMILES string of the molecule is CCOCC(COCC(C)C)(COCC(C)C)N(N)/C=C(\N)c1cc(C(C=NC(COCC(C)C)(COCC(C)C)COCC(C)C)=NN)cc(/C(N)=C/NC(COCC(C)C)(COCC(C)C)COCC(C)C)c1. The van der Waals surface area contributed by atoms with Gasteiger partial charge >= 0.3 is 0 Å². The predicted octanol–water partition coefficient (Wildman–Crippen LogP) is 8.33. The molecule has 17 nitrogen and oxygen atoms in total. The van der Waals surface area contributed by atoms with Crippen LogP contribution in [0.5, 0.6) is 0 Å². The third kappa shape index (κ3) is 29.8. The quantitative estimate of drug-likeness (QED) is 0.0235. The Morgan fingerprint density at radius 2 is 0.813 bits per heavy atom. The topological polar surface area (TPSA) is 227 Å². The van der Waals surface area contributed by atoms with Crippen LogP contribution >= 0.6 is 0 Å². The van der Waals surface area contributed by atoms with Crippen LogP contribution in [0.1, 0.15) is 134 Å². The van der Waals surface area contributed by atoms with Gasteiger partial charge in [-0.25, -0.2) is 5.84 Å². The maximum atomic E-state index is 7.15. The summed E-state index contributed by atoms with van der Waals surface area (Å²) in [6.45, 7) is 43.0. The van der Waals surface area contributed by atoms with E-state index in [4.69, 9.17) is 70.8 Å². The molecule has 1 aromatic rings. The molecule has 0 heterocycles. The van der Waals surface area contributed by atoms with Gasteiger partial charge in [-0.2, -0.15) is 5.10 Å². The molecular formula is C58H110N8O9. The molecule has 0 saturated carbocycles. The van der Waals surface area contributed by atoms with Crippen molar-refractivity contribution >= 4 is 23.3 Å². The molecule has 0 aliphatic rings. The number of hydrogen-bond donors (Lipinski definition) is 5. The maximum absolute atomic E-state index is 7.15. The first-order valence-electron chi connectivity index (χ1n) is 27.8. The van der Waals surface area contributed by atoms with Gasteiger partial charge in [0.1, 0.15) is 22.3 Å². The van der Waals surface area contributed by atoms with Crippen LogP contribution in [-0.2, 0) is 42.6 Å². The Morgan fingerprint density at radius 1 is 0.493 bits per heavy atom. The summed E-state index contributed by atoms with van der Waals surface area (Å²) < 4.78 is 56.5. The van der Waals surface area contributed by atoms with Crippen molar-refractivity contribution in [1.29, 1.82) is 0 Å². The van der Waals surface area contributed by atoms with Crippen LogP contribution in [0.2, 0.25) is 0 Å². The standard InChI is InChI=1S/C58H110N8O9/c1-18-67-39-58(40-74-31-48(14)15,41-75-32-49(16)17)66(62)24-54(60)51-19-50(53(59)22-63-56(33-68-25-42(2)3,34-69-26-43(4)5)35-70-27-44(6)7)20-52(21-51)55(65-61)23-64-57(36-71-28-45(8)9,37-72-29-46(10)11)38-73-30-47(12)13/h19-24,42-49,63H,18,25-41,59-62H2,1-17H3/b53-22-,54-24-,64-23?,65-55?. The summed E-state index contributed by atoms with van der Waals surface area (Å²) in [7, 11) is 0. The van der Waals surface area contributed by atoms with Gasteiger partial charge in [-0.05, 0) is 72.5 Å². The molecule has 75 heavy (non-hydrogen) atoms. The van der Waals surface area contributed by atoms with Gasteiger partial charge in [0.2, 0.25) is 0 Å². The molecule has 17 heteroatoms. The smallest absolute Gasteiger partial charge is 0.130 e. The largest absolute Gasteiger partial charge is 0.397 e. The number of rotatable bonds is 44. The summed E-state index contributed by atoms with van der Waals surface area (Å²) in [6.07, 6.45) is 5.13. The first kappa shape index (κ1) is 69.7. The third-order valence-electron chi connectivity index (χ3n) is 11.0. The van der Waals surface area contributed by atoms with Crippen molar-refractivity contribution in [3.63, 3.8) is 0 Å². The molecule has 0 radical (unpaired) electrons. The van der Waals surface area contributed by atoms with Crippen LogP contribution in [-0.4, -0.2) is 152 Å². The highest BCUT2D eigenvalue weighted by molar-refractivity contribution is 6.38. The summed E-state index contributed by atoms with van der Waals surface area (Å²) in [5, 5.41) is 9.50. The molecule has 1 rings (SSSR count). The third-order valence-corrected chi connectivity index (χ3v) is 11.0. The lowest BCUT2D eigenvalue weighted by Gasteiger charge is -2.40. The Bertz CT molecular complexity index is 1700. The summed E-state index contributed by atoms with van der Waals surface area (Å²) >= 11 is 0. The fourth-order valence-electron chi connectivity index (χ4n) is 7.19. The Hall–Kier alpha value is -3.36. The Kier molecular flexibility index (Phi) is 34.8. The normalized spacial score (nSPS) is 13.8. The zero-order valence-electron chi connectivity index (χ0n) is 50.1. The van der Waals surface area contributed by atoms with Crippen molar-refractivity contribution in [2.24, 2.45) is 80.6 Å². The molecule has 0 saturated heterocycles. The number of nitrogens with zero attached hydrogens (tertiary/aromatic N) is 3. The van der Waals surface area contributed by atoms with E-state index in [2.05, 4.69) is 121 Å². The maximum Gasteiger partial charge on any atom is 0.130 e. The summed E-state index contributed by atoms with van der Waals surface area (Å²) in [4.78, 5) is 5.20. The Balaban J connectivity index is 4.34. The summed E-state index contributed by atoms with van der Waals surface area (Å²) in [5.74, 6) is 15.9. The van der Waals surface area contributed by atoms with Gasteiger partial charge < -0.3 is 70.3 Å². The van der Waals surface area contributed by atoms with Crippen LogP contribution in [0.15, 0.2) is 40.7 Å². The number of aliphatic imine (C=N–C) groups is 1. The number of hydrogen-bond acceptors (Lipinski definition) is 17. The second kappa shape index (κ2) is 37.5. The first-order chi connectivity index (χ1) is 35.3. The molecule has 1 aromatic carbocycles. The molecule has 0 bridgehead atoms. The van der Waals surface area contributed by atoms with Crippen LogP contribution in [0, 0.1) is 47.3 Å². The molecule has 0 unspecified atom stereocenters. The van der Waals surface area contributed by atoms with Gasteiger partial charge in [0.25, 0.3) is 0 Å². The molecule has 0 spiro atoms. The minimum absolute atomic E-state index is 0.224. The van der Waals surface area contributed by atoms with Crippen molar-refractivity contribution in [3.05, 3.63) is 47.3 Å². The van der Waals surface area contributed by atoms with Crippen LogP contribution in [0.3, 0.4) is 0 Å². The molecule has 436 valence electrons. The van der Waals surface area contributed by atoms with E-state index in [-0.39, 0.29) is 39.6 Å². The van der Waals surface area contributed by atoms with Crippen LogP contribution in [0.25, 0.3) is 11.4 Å². The molecular weight excluding hydrogens is 953 g/mol. The van der Waals surface area contributed by atoms with Crippen molar-refractivity contribution in [2.45, 2.75) is 134 Å². The average Bonchev–Trinajstić information content (AvgIpc) is 3.31. The molecule has 0 aromatic heterocycles. The van der Waals surface area contributed by atoms with E-state index in [9.17, 15) is 0 Å². The second-order valence-electron chi connectivity index (χ2n) is 23.9. The zero-order chi connectivity index (χ0) is 56.6. The number of nitrogens with one attached hydrogen (secondary N) is 1. The van der Waals surface area contributed by atoms with Gasteiger partial charge in [-0.1, -0.05) is 111 Å². The summed E-state index contributed by atoms with van der Waals surface area (Å²) in [6, 6.07) is 5.70. The molecule has 0 aliphatic heterocycles. The van der Waals surface area contributed by atoms with Gasteiger partial charge in [-0.3, -0.25) is 4.99 Å². The van der Waals surface area contributed by atoms with E-state index in [1.165, 1.54) is 0 Å². The highest BCUT2D eigenvalue weighted by Gasteiger charge is 2.37. The van der Waals surface area contributed by atoms with Crippen molar-refractivity contribution < 1.29 is 42.6 Å². The zero-order valence-corrected chi connectivity index (χ0v) is 50.1. The van der Waals surface area contributed by atoms with Crippen molar-refractivity contribution in [2.75, 3.05) is 119 Å². The predicted molar refractivity (Wildman–Crippen MR) is 309 cm³/mol. The lowest BCUT2D eigenvalue weighted by Crippen LogP contribution is -2.60. The summed E-state index contributed by atoms with van der Waals surface area (Å²) in [5.41, 5.74) is 14.5. The van der Waals surface area contributed by atoms with Crippen molar-refractivity contribution in [1.82, 2.24) is 10.3 Å². The molecule has 0 fully saturated rings. The molecule has 0 amide bonds. The fraction of sp³-hybridized carbons (Fsp3) is 0.793. The minimum Gasteiger partial charge on any atom is -0.397 e. The average molecular weight is 1060 g/mol. The van der Waals surface area contributed by atoms with Crippen molar-refractivity contribution in [3.8, 4) is 0 Å². The lowest BCUT2D eigenvalue weighted by atomic mass is 9.98. The van der Waals surface area contributed by atoms with E-state index >= 15 is 0 Å². The monoisotopic (exact) mass is 1060 g/mol. The molecule has 0 atom stereocenters. The van der Waals surface area contributed by atoms with E-state index < -0.39 is 16.6 Å². The van der Waals surface area contributed by atoms with Crippen LogP contribution in [0.4, 0.5) is 0 Å². The second-order valence-corrected chi connectivity index (χ2v) is 23.9. The van der Waals surface area contributed by atoms with Gasteiger partial charge in [0, 0.05) is 88.6 Å². The lowest BCUT2D eigenvalue weighted by molar-refractivity contribution is -0.0889. The fourth-order valence-corrected chi connectivity index (χ4v) is 7.19. The van der Waals surface area contributed by atoms with E-state index in [0.29, 0.717) is 160 Å². The van der Waals surface area contributed by atoms with E-state index in [0.717, 1.165) is 0 Å². The number of hydrazine groups is 1. The van der Waals surface area contributed by atoms with E-state index in [1.54, 1.807) is 23.6 Å². The molecule has 0 aliphatic carbocycles. The van der Waals surface area contributed by atoms with Gasteiger partial charge in [0.15, 0.2) is 0 Å². The number of ether oxygens (including phenoxy) is 9. The minimum atomic E-state index is -0.934. The highest BCUT2D eigenvalue weighted by Crippen LogP contribution is 2.25. The number of benzene rings is 1. The highest BCUT2D eigenvalue weighted by atomic mass is 16.5. The van der Waals surface area contributed by atoms with E-state index in [1.807, 2.05) is 25.1 Å². The van der Waals surface area contributed by atoms with Crippen LogP contribution < -0.4 is 28.5 Å². The van der Waals surface area contributed by atoms with Gasteiger partial charge in [-0.15, -0.1) is 0 Å². The number of hydrazone groups is 1.